The van der Waals surface area contributed by atoms with Gasteiger partial charge in [-0.05, 0) is 314 Å². The van der Waals surface area contributed by atoms with Crippen LogP contribution in [0.4, 0.5) is 0 Å². The molecule has 608 valence electrons. The molecule has 0 heterocycles. The summed E-state index contributed by atoms with van der Waals surface area (Å²) in [5.41, 5.74) is 4.52. The maximum atomic E-state index is 2.45. The van der Waals surface area contributed by atoms with Crippen LogP contribution in [0.1, 0.15) is 474 Å². The Hall–Kier alpha value is 0. The fraction of sp³-hybridized carbons (Fsp3) is 1.00. The summed E-state index contributed by atoms with van der Waals surface area (Å²) in [5.74, 6) is 25.8. The van der Waals surface area contributed by atoms with E-state index in [1.165, 1.54) is 295 Å². The maximum absolute atomic E-state index is 2.45. The van der Waals surface area contributed by atoms with Crippen molar-refractivity contribution in [2.24, 2.45) is 185 Å². The lowest BCUT2D eigenvalue weighted by atomic mass is 9.59. The van der Waals surface area contributed by atoms with Gasteiger partial charge in [0, 0.05) is 0 Å². The van der Waals surface area contributed by atoms with Crippen LogP contribution in [0.5, 0.6) is 0 Å². The number of hydrogen-bond donors (Lipinski definition) is 0. The average molecular weight is 1440 g/mol. The fourth-order valence-corrected chi connectivity index (χ4v) is 29.2. The smallest absolute Gasteiger partial charge is 0.0334 e. The molecule has 22 atom stereocenters. The van der Waals surface area contributed by atoms with Crippen molar-refractivity contribution in [2.45, 2.75) is 474 Å². The van der Waals surface area contributed by atoms with Crippen LogP contribution in [0.25, 0.3) is 0 Å². The summed E-state index contributed by atoms with van der Waals surface area (Å²) >= 11 is 0. The van der Waals surface area contributed by atoms with Gasteiger partial charge >= 0.3 is 0 Å². The van der Waals surface area contributed by atoms with Crippen LogP contribution in [0.15, 0.2) is 0 Å². The van der Waals surface area contributed by atoms with Crippen LogP contribution in [0, 0.1) is 185 Å². The van der Waals surface area contributed by atoms with E-state index in [4.69, 9.17) is 0 Å². The molecule has 0 saturated heterocycles. The van der Waals surface area contributed by atoms with Crippen LogP contribution in [-0.2, 0) is 0 Å². The van der Waals surface area contributed by atoms with Gasteiger partial charge in [-0.2, -0.15) is 0 Å². The second-order valence-corrected chi connectivity index (χ2v) is 50.4. The van der Waals surface area contributed by atoms with Crippen LogP contribution in [0.2, 0.25) is 0 Å². The molecule has 0 aromatic heterocycles. The Morgan fingerprint density at radius 3 is 0.587 bits per heavy atom. The van der Waals surface area contributed by atoms with Gasteiger partial charge in [-0.1, -0.05) is 346 Å². The van der Waals surface area contributed by atoms with Crippen molar-refractivity contribution in [1.29, 1.82) is 0 Å². The molecule has 0 radical (unpaired) electrons. The molecule has 0 aromatic rings. The zero-order valence-electron chi connectivity index (χ0n) is 75.8. The van der Waals surface area contributed by atoms with E-state index in [1.54, 1.807) is 12.8 Å². The van der Waals surface area contributed by atoms with E-state index in [0.717, 1.165) is 142 Å². The van der Waals surface area contributed by atoms with Crippen LogP contribution < -0.4 is 0 Å². The summed E-state index contributed by atoms with van der Waals surface area (Å²) in [5, 5.41) is 0. The van der Waals surface area contributed by atoms with Crippen LogP contribution in [-0.4, -0.2) is 0 Å². The van der Waals surface area contributed by atoms with E-state index in [9.17, 15) is 0 Å². The summed E-state index contributed by atoms with van der Waals surface area (Å²) in [6.07, 6.45) is 73.3. The van der Waals surface area contributed by atoms with Crippen molar-refractivity contribution in [3.05, 3.63) is 0 Å². The van der Waals surface area contributed by atoms with Gasteiger partial charge in [0.05, 0.1) is 0 Å². The molecule has 16 aliphatic rings. The van der Waals surface area contributed by atoms with Gasteiger partial charge in [-0.15, -0.1) is 0 Å². The van der Waals surface area contributed by atoms with Crippen molar-refractivity contribution in [1.82, 2.24) is 0 Å². The standard InChI is InChI=1S/2C14H26.4C13H24.2C12H22/c1-14(2,3)13-10-6-8-11-7-4-5-9-12(11)13;1-14(2,3)13-9-8-11-6-4-5-7-12(11)10-13;1-13(2,3)12-9-5-7-10-6-4-8-11(10)12;1-13(2,3)12-8-7-10-5-4-6-11(10)9-12;1-13(2,3)12-8-10-6-4-5-7-11(10)9-12;1-13(2,3)12-9-8-10-6-4-5-7-11(10)12;1-12(2,3)11-7-9-5-4-6-10(9)8-11;1-12(2,3)11-8-7-9-5-4-6-10(9)11/h2*11-13H,4-10H2,1-3H3;4*10-12H,4-9H2,1-3H3;2*9-11H,4-8H2,1-3H3. The summed E-state index contributed by atoms with van der Waals surface area (Å²) < 4.78 is 0. The zero-order valence-corrected chi connectivity index (χ0v) is 75.8. The number of rotatable bonds is 0. The normalized spacial score (nSPS) is 40.4. The number of hydrogen-bond acceptors (Lipinski definition) is 0. The molecule has 0 bridgehead atoms. The molecule has 0 heteroatoms. The van der Waals surface area contributed by atoms with Crippen molar-refractivity contribution >= 4 is 0 Å². The highest BCUT2D eigenvalue weighted by molar-refractivity contribution is 4.99. The van der Waals surface area contributed by atoms with E-state index in [0.29, 0.717) is 43.3 Å². The third-order valence-corrected chi connectivity index (χ3v) is 35.7. The highest BCUT2D eigenvalue weighted by Gasteiger charge is 2.48. The zero-order chi connectivity index (χ0) is 75.8. The molecule has 0 aromatic carbocycles. The topological polar surface area (TPSA) is 0 Å². The van der Waals surface area contributed by atoms with Crippen LogP contribution >= 0.6 is 0 Å². The van der Waals surface area contributed by atoms with Gasteiger partial charge in [0.2, 0.25) is 0 Å². The predicted octanol–water partition coefficient (Wildman–Crippen LogP) is 34.0. The lowest BCUT2D eigenvalue weighted by Crippen LogP contribution is -2.37. The van der Waals surface area contributed by atoms with Crippen molar-refractivity contribution in [2.75, 3.05) is 0 Å². The van der Waals surface area contributed by atoms with Gasteiger partial charge in [-0.3, -0.25) is 0 Å². The van der Waals surface area contributed by atoms with Gasteiger partial charge in [-0.25, -0.2) is 0 Å². The monoisotopic (exact) mass is 1440 g/mol. The van der Waals surface area contributed by atoms with Crippen molar-refractivity contribution in [3.63, 3.8) is 0 Å². The lowest BCUT2D eigenvalue weighted by molar-refractivity contribution is 0.0331. The van der Waals surface area contributed by atoms with Crippen molar-refractivity contribution < 1.29 is 0 Å². The predicted molar refractivity (Wildman–Crippen MR) is 461 cm³/mol. The largest absolute Gasteiger partial charge is 0.0599 e. The molecule has 16 fully saturated rings. The Morgan fingerprint density at radius 2 is 0.298 bits per heavy atom. The lowest BCUT2D eigenvalue weighted by Gasteiger charge is -2.47. The third kappa shape index (κ3) is 25.0. The van der Waals surface area contributed by atoms with Crippen LogP contribution in [0.3, 0.4) is 0 Å². The van der Waals surface area contributed by atoms with E-state index >= 15 is 0 Å². The Kier molecular flexibility index (Phi) is 32.1. The number of fused-ring (bicyclic) bond motifs is 8. The Morgan fingerprint density at radius 1 is 0.125 bits per heavy atom. The molecular weight excluding hydrogens is 1250 g/mol. The summed E-state index contributed by atoms with van der Waals surface area (Å²) in [7, 11) is 0. The minimum atomic E-state index is 0.556. The summed E-state index contributed by atoms with van der Waals surface area (Å²) in [4.78, 5) is 0. The molecular formula is C104H192. The Labute approximate surface area is 655 Å². The molecule has 16 saturated carbocycles. The minimum Gasteiger partial charge on any atom is -0.0599 e. The van der Waals surface area contributed by atoms with Crippen molar-refractivity contribution in [3.8, 4) is 0 Å². The third-order valence-electron chi connectivity index (χ3n) is 35.7. The highest BCUT2D eigenvalue weighted by Crippen LogP contribution is 2.59. The van der Waals surface area contributed by atoms with Gasteiger partial charge < -0.3 is 0 Å². The molecule has 16 aliphatic carbocycles. The molecule has 22 unspecified atom stereocenters. The molecule has 0 spiro atoms. The first-order valence-electron chi connectivity index (χ1n) is 48.6. The van der Waals surface area contributed by atoms with E-state index in [1.807, 2.05) is 0 Å². The first-order valence-corrected chi connectivity index (χ1v) is 48.6. The average Bonchev–Trinajstić information content (AvgIpc) is 1.38. The molecule has 104 heavy (non-hydrogen) atoms. The summed E-state index contributed by atoms with van der Waals surface area (Å²) in [6.45, 7) is 58.4. The van der Waals surface area contributed by atoms with Gasteiger partial charge in [0.1, 0.15) is 0 Å². The SMILES string of the molecule is CC(C)(C)C1CC2CCCC2C1.CC(C)(C)C1CC2CCCCC2C1.CC(C)(C)C1CCC2CCCC21.CC(C)(C)C1CCC2CCCC2C1.CC(C)(C)C1CCC2CCCCC21.CC(C)(C)C1CCC2CCCCC2C1.CC(C)(C)C1CCCC2CCCC21.CC(C)(C)C1CCCC2CCCCC21. The quantitative estimate of drug-likeness (QED) is 0.227. The molecule has 0 N–H and O–H groups in total. The molecule has 0 nitrogen and oxygen atoms in total. The van der Waals surface area contributed by atoms with Gasteiger partial charge in [0.25, 0.3) is 0 Å². The minimum absolute atomic E-state index is 0.556. The molecule has 0 amide bonds. The Balaban J connectivity index is 0.000000138. The highest BCUT2D eigenvalue weighted by atomic mass is 14.5. The first-order chi connectivity index (χ1) is 48.6. The summed E-state index contributed by atoms with van der Waals surface area (Å²) in [6, 6.07) is 0. The second-order valence-electron chi connectivity index (χ2n) is 50.4. The first kappa shape index (κ1) is 88.0. The second kappa shape index (κ2) is 38.0. The van der Waals surface area contributed by atoms with Gasteiger partial charge in [0.15, 0.2) is 0 Å². The molecule has 0 aliphatic heterocycles. The van der Waals surface area contributed by atoms with E-state index < -0.39 is 0 Å². The Bertz CT molecular complexity index is 2360. The van der Waals surface area contributed by atoms with E-state index in [2.05, 4.69) is 166 Å². The van der Waals surface area contributed by atoms with E-state index in [-0.39, 0.29) is 0 Å². The maximum Gasteiger partial charge on any atom is -0.0334 e. The molecule has 16 rings (SSSR count). The fourth-order valence-electron chi connectivity index (χ4n) is 29.2.